The number of hydrogen-bond donors (Lipinski definition) is 1. The minimum atomic E-state index is -1.01. The number of nitrogens with zero attached hydrogens (tertiary/aromatic N) is 3. The molecule has 0 saturated carbocycles. The molecule has 0 amide bonds. The summed E-state index contributed by atoms with van der Waals surface area (Å²) in [6, 6.07) is 10.6. The molecule has 2 aromatic heterocycles. The van der Waals surface area contributed by atoms with Crippen molar-refractivity contribution in [1.29, 1.82) is 0 Å². The molecule has 0 aliphatic heterocycles. The molecule has 1 N–H and O–H groups in total. The van der Waals surface area contributed by atoms with E-state index >= 15 is 0 Å². The first-order chi connectivity index (χ1) is 13.0. The van der Waals surface area contributed by atoms with E-state index in [1.54, 1.807) is 12.1 Å². The first kappa shape index (κ1) is 17.2. The highest BCUT2D eigenvalue weighted by Crippen LogP contribution is 2.37. The van der Waals surface area contributed by atoms with Gasteiger partial charge >= 0.3 is 5.97 Å². The van der Waals surface area contributed by atoms with Gasteiger partial charge in [-0.15, -0.1) is 11.3 Å². The predicted octanol–water partition coefficient (Wildman–Crippen LogP) is 4.99. The van der Waals surface area contributed by atoms with Crippen LogP contribution in [0.1, 0.15) is 10.4 Å². The van der Waals surface area contributed by atoms with Crippen molar-refractivity contribution in [3.8, 4) is 22.6 Å². The molecule has 7 nitrogen and oxygen atoms in total. The average molecular weight is 400 g/mol. The van der Waals surface area contributed by atoms with Crippen LogP contribution in [0.25, 0.3) is 27.5 Å². The third kappa shape index (κ3) is 2.94. The summed E-state index contributed by atoms with van der Waals surface area (Å²) in [5.41, 5.74) is 1.84. The minimum Gasteiger partial charge on any atom is -0.478 e. The van der Waals surface area contributed by atoms with Crippen LogP contribution < -0.4 is 0 Å². The molecule has 9 heteroatoms. The van der Waals surface area contributed by atoms with E-state index in [1.807, 2.05) is 16.0 Å². The first-order valence-corrected chi connectivity index (χ1v) is 8.95. The fourth-order valence-electron chi connectivity index (χ4n) is 2.77. The number of thiazole rings is 1. The van der Waals surface area contributed by atoms with Gasteiger partial charge in [0, 0.05) is 34.8 Å². The van der Waals surface area contributed by atoms with Gasteiger partial charge in [0.2, 0.25) is 0 Å². The second kappa shape index (κ2) is 6.49. The lowest BCUT2D eigenvalue weighted by Gasteiger charge is -2.01. The van der Waals surface area contributed by atoms with E-state index in [4.69, 9.17) is 16.7 Å². The molecule has 0 unspecified atom stereocenters. The van der Waals surface area contributed by atoms with Gasteiger partial charge in [-0.25, -0.2) is 9.78 Å². The number of benzene rings is 2. The quantitative estimate of drug-likeness (QED) is 0.385. The average Bonchev–Trinajstić information content (AvgIpc) is 3.25. The molecule has 4 aromatic rings. The number of aromatic nitrogens is 2. The highest BCUT2D eigenvalue weighted by Gasteiger charge is 2.20. The van der Waals surface area contributed by atoms with E-state index in [0.717, 1.165) is 10.4 Å². The van der Waals surface area contributed by atoms with E-state index in [-0.39, 0.29) is 11.3 Å². The van der Waals surface area contributed by atoms with Crippen LogP contribution in [0.5, 0.6) is 0 Å². The molecule has 0 atom stereocenters. The summed E-state index contributed by atoms with van der Waals surface area (Å²) in [5.74, 6) is -0.407. The Morgan fingerprint density at radius 2 is 1.96 bits per heavy atom. The molecule has 2 aromatic carbocycles. The lowest BCUT2D eigenvalue weighted by atomic mass is 10.1. The van der Waals surface area contributed by atoms with Gasteiger partial charge in [-0.2, -0.15) is 0 Å². The standard InChI is InChI=1S/C18H10ClN3O4S/c19-14-6-5-12(22(25)26)9-13(14)15-17-21(7-8-27-17)16(20-15)10-1-3-11(4-2-10)18(23)24/h1-9H,(H,23,24). The molecule has 4 rings (SSSR count). The maximum absolute atomic E-state index is 11.1. The fraction of sp³-hybridized carbons (Fsp3) is 0. The summed E-state index contributed by atoms with van der Waals surface area (Å²) >= 11 is 7.71. The molecule has 0 radical (unpaired) electrons. The number of fused-ring (bicyclic) bond motifs is 1. The van der Waals surface area contributed by atoms with Crippen molar-refractivity contribution >= 4 is 39.4 Å². The van der Waals surface area contributed by atoms with Crippen LogP contribution in [0.2, 0.25) is 5.02 Å². The highest BCUT2D eigenvalue weighted by atomic mass is 35.5. The van der Waals surface area contributed by atoms with E-state index in [9.17, 15) is 14.9 Å². The summed E-state index contributed by atoms with van der Waals surface area (Å²) < 4.78 is 1.85. The highest BCUT2D eigenvalue weighted by molar-refractivity contribution is 7.16. The summed E-state index contributed by atoms with van der Waals surface area (Å²) in [6.45, 7) is 0. The molecule has 0 spiro atoms. The molecule has 134 valence electrons. The summed E-state index contributed by atoms with van der Waals surface area (Å²) in [5, 5.41) is 22.4. The molecule has 0 bridgehead atoms. The molecule has 0 aliphatic rings. The van der Waals surface area contributed by atoms with Crippen molar-refractivity contribution in [1.82, 2.24) is 9.38 Å². The largest absolute Gasteiger partial charge is 0.478 e. The van der Waals surface area contributed by atoms with Crippen molar-refractivity contribution in [2.24, 2.45) is 0 Å². The van der Waals surface area contributed by atoms with Crippen LogP contribution in [0.15, 0.2) is 54.0 Å². The SMILES string of the molecule is O=C(O)c1ccc(-c2nc(-c3cc([N+](=O)[O-])ccc3Cl)c3sccn23)cc1. The molecule has 2 heterocycles. The summed E-state index contributed by atoms with van der Waals surface area (Å²) in [4.78, 5) is 27.1. The van der Waals surface area contributed by atoms with E-state index in [0.29, 0.717) is 22.1 Å². The maximum Gasteiger partial charge on any atom is 0.335 e. The van der Waals surface area contributed by atoms with Crippen LogP contribution in [0.3, 0.4) is 0 Å². The summed E-state index contributed by atoms with van der Waals surface area (Å²) in [6.07, 6.45) is 1.84. The Balaban J connectivity index is 1.90. The van der Waals surface area contributed by atoms with Crippen molar-refractivity contribution < 1.29 is 14.8 Å². The second-order valence-corrected chi connectivity index (χ2v) is 6.97. The Hall–Kier alpha value is -3.23. The van der Waals surface area contributed by atoms with Crippen molar-refractivity contribution in [2.75, 3.05) is 0 Å². The van der Waals surface area contributed by atoms with Gasteiger partial charge in [-0.1, -0.05) is 23.7 Å². The fourth-order valence-corrected chi connectivity index (χ4v) is 3.82. The van der Waals surface area contributed by atoms with Gasteiger partial charge in [0.15, 0.2) is 0 Å². The molecular weight excluding hydrogens is 390 g/mol. The second-order valence-electron chi connectivity index (χ2n) is 5.67. The van der Waals surface area contributed by atoms with E-state index < -0.39 is 10.9 Å². The van der Waals surface area contributed by atoms with E-state index in [1.165, 1.54) is 41.7 Å². The lowest BCUT2D eigenvalue weighted by molar-refractivity contribution is -0.384. The van der Waals surface area contributed by atoms with Crippen LogP contribution in [-0.4, -0.2) is 25.4 Å². The number of aromatic carboxylic acids is 1. The Morgan fingerprint density at radius 3 is 2.63 bits per heavy atom. The van der Waals surface area contributed by atoms with Crippen LogP contribution in [0.4, 0.5) is 5.69 Å². The molecule has 0 saturated heterocycles. The Labute approximate surface area is 161 Å². The van der Waals surface area contributed by atoms with Crippen LogP contribution in [0, 0.1) is 10.1 Å². The van der Waals surface area contributed by atoms with Crippen molar-refractivity contribution in [3.63, 3.8) is 0 Å². The molecule has 27 heavy (non-hydrogen) atoms. The Kier molecular flexibility index (Phi) is 4.14. The zero-order valence-electron chi connectivity index (χ0n) is 13.5. The van der Waals surface area contributed by atoms with Crippen LogP contribution >= 0.6 is 22.9 Å². The molecule has 0 fully saturated rings. The maximum atomic E-state index is 11.1. The third-order valence-corrected chi connectivity index (χ3v) is 5.26. The number of non-ortho nitro benzene ring substituents is 1. The topological polar surface area (TPSA) is 97.7 Å². The van der Waals surface area contributed by atoms with Crippen molar-refractivity contribution in [3.05, 3.63) is 74.7 Å². The van der Waals surface area contributed by atoms with E-state index in [2.05, 4.69) is 4.98 Å². The van der Waals surface area contributed by atoms with Gasteiger partial charge in [0.25, 0.3) is 5.69 Å². The zero-order valence-corrected chi connectivity index (χ0v) is 15.1. The number of nitro groups is 1. The van der Waals surface area contributed by atoms with Gasteiger partial charge in [0.1, 0.15) is 16.3 Å². The number of carboxylic acids is 1. The smallest absolute Gasteiger partial charge is 0.335 e. The van der Waals surface area contributed by atoms with Gasteiger partial charge < -0.3 is 5.11 Å². The lowest BCUT2D eigenvalue weighted by Crippen LogP contribution is -1.95. The number of imidazole rings is 1. The Bertz CT molecular complexity index is 1200. The van der Waals surface area contributed by atoms with Gasteiger partial charge in [0.05, 0.1) is 15.5 Å². The number of halogens is 1. The number of rotatable bonds is 4. The zero-order chi connectivity index (χ0) is 19.1. The van der Waals surface area contributed by atoms with Crippen LogP contribution in [-0.2, 0) is 0 Å². The predicted molar refractivity (Wildman–Crippen MR) is 103 cm³/mol. The summed E-state index contributed by atoms with van der Waals surface area (Å²) in [7, 11) is 0. The normalized spacial score (nSPS) is 11.0. The number of carboxylic acid groups (broad SMARTS) is 1. The molecule has 0 aliphatic carbocycles. The number of nitro benzene ring substituents is 1. The number of carbonyl (C=O) groups is 1. The van der Waals surface area contributed by atoms with Gasteiger partial charge in [-0.3, -0.25) is 14.5 Å². The minimum absolute atomic E-state index is 0.0699. The molecular formula is C18H10ClN3O4S. The number of hydrogen-bond acceptors (Lipinski definition) is 5. The van der Waals surface area contributed by atoms with Gasteiger partial charge in [-0.05, 0) is 18.2 Å². The monoisotopic (exact) mass is 399 g/mol. The van der Waals surface area contributed by atoms with Crippen molar-refractivity contribution in [2.45, 2.75) is 0 Å². The Morgan fingerprint density at radius 1 is 1.22 bits per heavy atom. The first-order valence-electron chi connectivity index (χ1n) is 7.69. The third-order valence-electron chi connectivity index (χ3n) is 4.06.